The van der Waals surface area contributed by atoms with Crippen LogP contribution >= 0.6 is 23.2 Å². The molecule has 1 heterocycles. The Kier molecular flexibility index (Phi) is 5.64. The number of carbonyl (C=O) groups is 1. The van der Waals surface area contributed by atoms with E-state index in [9.17, 15) is 4.79 Å². The maximum absolute atomic E-state index is 11.6. The molecule has 0 unspecified atom stereocenters. The number of halogens is 2. The normalized spacial score (nSPS) is 15.8. The molecule has 20 heavy (non-hydrogen) atoms. The van der Waals surface area contributed by atoms with Crippen molar-refractivity contribution in [2.24, 2.45) is 0 Å². The molecule has 1 aliphatic carbocycles. The highest BCUT2D eigenvalue weighted by Gasteiger charge is 2.25. The predicted molar refractivity (Wildman–Crippen MR) is 78.9 cm³/mol. The highest BCUT2D eigenvalue weighted by Crippen LogP contribution is 2.26. The SMILES string of the molecule is COC(=O)CN(Cc1nc(Cl)ccc1Cl)C1CCCC1. The Hall–Kier alpha value is -0.840. The number of rotatable bonds is 5. The molecule has 1 aliphatic rings. The lowest BCUT2D eigenvalue weighted by Crippen LogP contribution is -2.37. The van der Waals surface area contributed by atoms with Gasteiger partial charge in [0.1, 0.15) is 5.15 Å². The first-order chi connectivity index (χ1) is 9.60. The summed E-state index contributed by atoms with van der Waals surface area (Å²) in [4.78, 5) is 17.9. The van der Waals surface area contributed by atoms with Gasteiger partial charge in [0.25, 0.3) is 0 Å². The smallest absolute Gasteiger partial charge is 0.319 e. The summed E-state index contributed by atoms with van der Waals surface area (Å²) in [5.74, 6) is -0.241. The molecule has 0 aromatic carbocycles. The third-order valence-corrected chi connectivity index (χ3v) is 4.19. The summed E-state index contributed by atoms with van der Waals surface area (Å²) in [6.45, 7) is 0.769. The van der Waals surface area contributed by atoms with Gasteiger partial charge in [0.15, 0.2) is 0 Å². The number of esters is 1. The number of ether oxygens (including phenoxy) is 1. The Balaban J connectivity index is 2.13. The molecule has 1 fully saturated rings. The number of methoxy groups -OCH3 is 1. The Bertz CT molecular complexity index is 476. The second-order valence-corrected chi connectivity index (χ2v) is 5.78. The van der Waals surface area contributed by atoms with E-state index in [1.165, 1.54) is 20.0 Å². The van der Waals surface area contributed by atoms with Crippen LogP contribution in [0.4, 0.5) is 0 Å². The summed E-state index contributed by atoms with van der Waals surface area (Å²) in [5.41, 5.74) is 0.704. The van der Waals surface area contributed by atoms with Gasteiger partial charge in [-0.1, -0.05) is 36.0 Å². The molecule has 1 aromatic rings. The van der Waals surface area contributed by atoms with Gasteiger partial charge in [-0.05, 0) is 25.0 Å². The van der Waals surface area contributed by atoms with Gasteiger partial charge >= 0.3 is 5.97 Å². The summed E-state index contributed by atoms with van der Waals surface area (Å²) in [5, 5.41) is 0.983. The number of carbonyl (C=O) groups excluding carboxylic acids is 1. The molecule has 4 nitrogen and oxygen atoms in total. The molecule has 0 saturated heterocycles. The van der Waals surface area contributed by atoms with E-state index >= 15 is 0 Å². The number of pyridine rings is 1. The second kappa shape index (κ2) is 7.25. The van der Waals surface area contributed by atoms with Crippen molar-refractivity contribution in [3.05, 3.63) is 28.0 Å². The fourth-order valence-corrected chi connectivity index (χ4v) is 2.90. The lowest BCUT2D eigenvalue weighted by atomic mass is 10.2. The van der Waals surface area contributed by atoms with Crippen molar-refractivity contribution < 1.29 is 9.53 Å². The quantitative estimate of drug-likeness (QED) is 0.617. The first-order valence-corrected chi connectivity index (χ1v) is 7.47. The summed E-state index contributed by atoms with van der Waals surface area (Å²) >= 11 is 12.1. The minimum atomic E-state index is -0.241. The van der Waals surface area contributed by atoms with Crippen LogP contribution in [-0.2, 0) is 16.1 Å². The molecule has 0 amide bonds. The van der Waals surface area contributed by atoms with Gasteiger partial charge in [0.2, 0.25) is 0 Å². The molecule has 1 aromatic heterocycles. The highest BCUT2D eigenvalue weighted by molar-refractivity contribution is 6.32. The van der Waals surface area contributed by atoms with Crippen LogP contribution in [0.1, 0.15) is 31.4 Å². The maximum atomic E-state index is 11.6. The molecule has 0 aliphatic heterocycles. The molecule has 0 spiro atoms. The van der Waals surface area contributed by atoms with Gasteiger partial charge in [-0.2, -0.15) is 0 Å². The number of nitrogens with zero attached hydrogens (tertiary/aromatic N) is 2. The molecule has 0 N–H and O–H groups in total. The van der Waals surface area contributed by atoms with E-state index in [0.717, 1.165) is 12.8 Å². The molecule has 6 heteroatoms. The van der Waals surface area contributed by atoms with Gasteiger partial charge in [-0.15, -0.1) is 0 Å². The molecule has 0 radical (unpaired) electrons. The van der Waals surface area contributed by atoms with Crippen LogP contribution in [-0.4, -0.2) is 35.5 Å². The van der Waals surface area contributed by atoms with Crippen LogP contribution < -0.4 is 0 Å². The van der Waals surface area contributed by atoms with Crippen LogP contribution in [0, 0.1) is 0 Å². The monoisotopic (exact) mass is 316 g/mol. The fourth-order valence-electron chi connectivity index (χ4n) is 2.57. The largest absolute Gasteiger partial charge is 0.468 e. The minimum absolute atomic E-state index is 0.241. The third kappa shape index (κ3) is 4.08. The number of hydrogen-bond donors (Lipinski definition) is 0. The first kappa shape index (κ1) is 15.5. The summed E-state index contributed by atoms with van der Waals surface area (Å²) in [7, 11) is 1.40. The van der Waals surface area contributed by atoms with Gasteiger partial charge in [-0.25, -0.2) is 4.98 Å². The lowest BCUT2D eigenvalue weighted by Gasteiger charge is -2.27. The third-order valence-electron chi connectivity index (χ3n) is 3.64. The average Bonchev–Trinajstić information content (AvgIpc) is 2.96. The summed E-state index contributed by atoms with van der Waals surface area (Å²) in [6.07, 6.45) is 4.57. The number of aromatic nitrogens is 1. The molecule has 0 bridgehead atoms. The van der Waals surface area contributed by atoms with E-state index in [1.807, 2.05) is 0 Å². The van der Waals surface area contributed by atoms with E-state index in [0.29, 0.717) is 28.5 Å². The Morgan fingerprint density at radius 3 is 2.75 bits per heavy atom. The molecule has 110 valence electrons. The molecular formula is C14H18Cl2N2O2. The van der Waals surface area contributed by atoms with Gasteiger partial charge in [0.05, 0.1) is 24.4 Å². The summed E-state index contributed by atoms with van der Waals surface area (Å²) < 4.78 is 4.77. The first-order valence-electron chi connectivity index (χ1n) is 6.72. The molecular weight excluding hydrogens is 299 g/mol. The van der Waals surface area contributed by atoms with Crippen molar-refractivity contribution in [3.8, 4) is 0 Å². The van der Waals surface area contributed by atoms with Crippen LogP contribution in [0.15, 0.2) is 12.1 Å². The predicted octanol–water partition coefficient (Wildman–Crippen LogP) is 3.31. The Labute approximate surface area is 129 Å². The second-order valence-electron chi connectivity index (χ2n) is 4.98. The molecule has 1 saturated carbocycles. The lowest BCUT2D eigenvalue weighted by molar-refractivity contribution is -0.142. The Morgan fingerprint density at radius 1 is 1.40 bits per heavy atom. The average molecular weight is 317 g/mol. The summed E-state index contributed by atoms with van der Waals surface area (Å²) in [6, 6.07) is 3.77. The number of hydrogen-bond acceptors (Lipinski definition) is 4. The van der Waals surface area contributed by atoms with E-state index in [4.69, 9.17) is 27.9 Å². The minimum Gasteiger partial charge on any atom is -0.468 e. The van der Waals surface area contributed by atoms with Crippen LogP contribution in [0.3, 0.4) is 0 Å². The fraction of sp³-hybridized carbons (Fsp3) is 0.571. The van der Waals surface area contributed by atoms with Gasteiger partial charge in [0, 0.05) is 12.6 Å². The van der Waals surface area contributed by atoms with E-state index in [1.54, 1.807) is 12.1 Å². The van der Waals surface area contributed by atoms with Gasteiger partial charge in [-0.3, -0.25) is 9.69 Å². The van der Waals surface area contributed by atoms with Crippen LogP contribution in [0.25, 0.3) is 0 Å². The van der Waals surface area contributed by atoms with Crippen molar-refractivity contribution in [2.75, 3.05) is 13.7 Å². The van der Waals surface area contributed by atoms with E-state index in [2.05, 4.69) is 9.88 Å². The standard InChI is InChI=1S/C14H18Cl2N2O2/c1-20-14(19)9-18(10-4-2-3-5-10)8-12-11(15)6-7-13(16)17-12/h6-7,10H,2-5,8-9H2,1H3. The van der Waals surface area contributed by atoms with Crippen molar-refractivity contribution in [1.82, 2.24) is 9.88 Å². The zero-order chi connectivity index (χ0) is 14.5. The van der Waals surface area contributed by atoms with Crippen molar-refractivity contribution in [3.63, 3.8) is 0 Å². The van der Waals surface area contributed by atoms with E-state index < -0.39 is 0 Å². The van der Waals surface area contributed by atoms with Crippen LogP contribution in [0.5, 0.6) is 0 Å². The zero-order valence-corrected chi connectivity index (χ0v) is 13.0. The molecule has 0 atom stereocenters. The van der Waals surface area contributed by atoms with E-state index in [-0.39, 0.29) is 12.5 Å². The topological polar surface area (TPSA) is 42.4 Å². The van der Waals surface area contributed by atoms with Crippen LogP contribution in [0.2, 0.25) is 10.2 Å². The maximum Gasteiger partial charge on any atom is 0.319 e. The zero-order valence-electron chi connectivity index (χ0n) is 11.4. The van der Waals surface area contributed by atoms with Gasteiger partial charge < -0.3 is 4.74 Å². The Morgan fingerprint density at radius 2 is 2.10 bits per heavy atom. The highest BCUT2D eigenvalue weighted by atomic mass is 35.5. The molecule has 2 rings (SSSR count). The van der Waals surface area contributed by atoms with Crippen molar-refractivity contribution >= 4 is 29.2 Å². The van der Waals surface area contributed by atoms with Crippen molar-refractivity contribution in [2.45, 2.75) is 38.3 Å². The van der Waals surface area contributed by atoms with Crippen molar-refractivity contribution in [1.29, 1.82) is 0 Å².